The third-order valence-corrected chi connectivity index (χ3v) is 15.6. The summed E-state index contributed by atoms with van der Waals surface area (Å²) in [5.74, 6) is -0.554. The second-order valence-electron chi connectivity index (χ2n) is 15.1. The number of phosphoric ester groups is 3. The quantitative estimate of drug-likeness (QED) is 0.0190. The SMILES string of the molecule is COC1[C@@H](OP(=O)(O)OC[C@H]2O[C@@H](n3cnc4c(=O)[nH]c(N)nc43)C(O)[C@H]2O)[C@@H](COP(=O)(O)OP(=O)(O)OP(=O)(O)OCCOC[n+]2cn(C)c3c(=O)[nH]c(N)nc32)O[C@H]1n1cnc2c(N)ncnc21. The summed E-state index contributed by atoms with van der Waals surface area (Å²) in [7, 11) is -20.2. The van der Waals surface area contributed by atoms with Crippen molar-refractivity contribution in [3.63, 3.8) is 0 Å². The maximum Gasteiger partial charge on any atom is 0.490 e. The van der Waals surface area contributed by atoms with E-state index in [2.05, 4.69) is 53.0 Å². The zero-order chi connectivity index (χ0) is 51.4. The number of nitrogen functional groups attached to an aromatic ring is 3. The molecule has 0 aromatic carbocycles. The fraction of sp³-hybridized carbons (Fsp3) is 0.500. The highest BCUT2D eigenvalue weighted by Crippen LogP contribution is 2.68. The van der Waals surface area contributed by atoms with Crippen molar-refractivity contribution in [2.75, 3.05) is 50.7 Å². The van der Waals surface area contributed by atoms with Crippen molar-refractivity contribution in [1.82, 2.24) is 53.6 Å². The minimum absolute atomic E-state index is 0.0307. The van der Waals surface area contributed by atoms with Crippen molar-refractivity contribution >= 4 is 82.5 Å². The van der Waals surface area contributed by atoms with Crippen LogP contribution in [0.25, 0.3) is 33.5 Å². The number of aromatic nitrogens is 12. The number of nitrogens with one attached hydrogen (secondary N) is 2. The molecule has 2 aliphatic heterocycles. The maximum atomic E-state index is 13.6. The van der Waals surface area contributed by atoms with E-state index in [4.69, 9.17) is 49.7 Å². The molecule has 14 N–H and O–H groups in total. The Bertz CT molecular complexity index is 3280. The van der Waals surface area contributed by atoms with Gasteiger partial charge in [-0.25, -0.2) is 42.8 Å². The summed E-state index contributed by atoms with van der Waals surface area (Å²) in [6.07, 6.45) is -8.44. The number of hydrogen-bond acceptors (Lipinski definition) is 27. The molecule has 2 saturated heterocycles. The molecular weight excluding hydrogens is 1050 g/mol. The second kappa shape index (κ2) is 20.1. The first-order valence-electron chi connectivity index (χ1n) is 19.9. The highest BCUT2D eigenvalue weighted by molar-refractivity contribution is 7.66. The molecule has 2 fully saturated rings. The van der Waals surface area contributed by atoms with Gasteiger partial charge in [0, 0.05) is 7.11 Å². The molecule has 0 amide bonds. The molecule has 0 saturated carbocycles. The third-order valence-electron chi connectivity index (χ3n) is 10.3. The number of aryl methyl sites for hydroxylation is 1. The number of aromatic amines is 2. The van der Waals surface area contributed by atoms with Gasteiger partial charge in [0.2, 0.25) is 11.5 Å². The monoisotopic (exact) mass is 1090 g/mol. The second-order valence-corrected chi connectivity index (χ2v) is 21.1. The van der Waals surface area contributed by atoms with Crippen LogP contribution in [0.1, 0.15) is 12.5 Å². The summed E-state index contributed by atoms with van der Waals surface area (Å²) < 4.78 is 108. The molecule has 388 valence electrons. The minimum atomic E-state index is -6.05. The molecular formula is C30H42N15O22P4+. The Morgan fingerprint density at radius 1 is 0.732 bits per heavy atom. The van der Waals surface area contributed by atoms with Gasteiger partial charge in [-0.3, -0.25) is 51.4 Å². The fourth-order valence-corrected chi connectivity index (χ4v) is 11.8. The number of aliphatic hydroxyl groups excluding tert-OH is 2. The molecule has 41 heteroatoms. The van der Waals surface area contributed by atoms with E-state index in [-0.39, 0.29) is 57.9 Å². The Morgan fingerprint density at radius 2 is 1.35 bits per heavy atom. The molecule has 6 aromatic rings. The number of ether oxygens (including phenoxy) is 4. The van der Waals surface area contributed by atoms with Gasteiger partial charge in [0.25, 0.3) is 17.1 Å². The van der Waals surface area contributed by atoms with Crippen molar-refractivity contribution in [3.8, 4) is 0 Å². The highest BCUT2D eigenvalue weighted by Gasteiger charge is 2.53. The summed E-state index contributed by atoms with van der Waals surface area (Å²) in [6.45, 7) is -3.70. The van der Waals surface area contributed by atoms with Crippen LogP contribution in [-0.2, 0) is 77.7 Å². The number of anilines is 3. The lowest BCUT2D eigenvalue weighted by Crippen LogP contribution is -2.38. The number of H-pyrrole nitrogens is 2. The minimum Gasteiger partial charge on any atom is -0.387 e. The number of methoxy groups -OCH3 is 1. The lowest BCUT2D eigenvalue weighted by Gasteiger charge is -2.26. The number of imidazole rings is 3. The number of rotatable bonds is 21. The first kappa shape index (κ1) is 52.3. The van der Waals surface area contributed by atoms with E-state index in [0.29, 0.717) is 0 Å². The number of hydrogen-bond donors (Lipinski definition) is 11. The van der Waals surface area contributed by atoms with Gasteiger partial charge in [-0.1, -0.05) is 4.98 Å². The molecule has 12 atom stereocenters. The third kappa shape index (κ3) is 11.3. The number of phosphoric acid groups is 4. The van der Waals surface area contributed by atoms with Gasteiger partial charge in [0.15, 0.2) is 48.1 Å². The van der Waals surface area contributed by atoms with E-state index >= 15 is 0 Å². The molecule has 6 unspecified atom stereocenters. The zero-order valence-electron chi connectivity index (χ0n) is 36.2. The van der Waals surface area contributed by atoms with Crippen molar-refractivity contribution in [1.29, 1.82) is 0 Å². The molecule has 71 heavy (non-hydrogen) atoms. The van der Waals surface area contributed by atoms with Crippen LogP contribution in [0.15, 0.2) is 34.9 Å². The van der Waals surface area contributed by atoms with Crippen molar-refractivity contribution in [2.24, 2.45) is 7.05 Å². The van der Waals surface area contributed by atoms with Crippen molar-refractivity contribution in [3.05, 3.63) is 46.0 Å². The van der Waals surface area contributed by atoms with E-state index < -0.39 is 118 Å². The van der Waals surface area contributed by atoms with Crippen LogP contribution in [0.3, 0.4) is 0 Å². The standard InChI is InChI=1S/C30H41N15O22P4/c1-42-10-43(24-16(42)26(49)41-30(33)39-24)11-59-3-4-60-69(52,53)66-71(56,57)67-70(54,55)62-6-13-19(20(58-2)28(64-13)44-8-36-14-21(31)34-7-35-22(14)44)65-68(50,51)61-5-12-17(46)18(47)27(63-12)45-9-37-15-23(45)38-29(32)40-25(15)48/h7-10,12-13,17-20,27-28,46-47H,3-6,11H2,1-2H3,(H11-,31,32,33,34,35,38,39,40,41,48,49,50,51,52,53,54,55,56,57)/p+1/t12-,13-,17+,18?,19+,20?,27-,28-/m1/s1. The number of aliphatic hydroxyl groups is 2. The van der Waals surface area contributed by atoms with E-state index in [1.807, 2.05) is 0 Å². The fourth-order valence-electron chi connectivity index (χ4n) is 7.35. The molecule has 0 spiro atoms. The average molecular weight is 1090 g/mol. The van der Waals surface area contributed by atoms with Crippen LogP contribution < -0.4 is 32.9 Å². The van der Waals surface area contributed by atoms with Crippen molar-refractivity contribution < 1.29 is 98.3 Å². The lowest BCUT2D eigenvalue weighted by molar-refractivity contribution is -0.711. The summed E-state index contributed by atoms with van der Waals surface area (Å²) in [4.78, 5) is 94.9. The molecule has 0 aliphatic carbocycles. The molecule has 8 rings (SSSR count). The van der Waals surface area contributed by atoms with Crippen molar-refractivity contribution in [2.45, 2.75) is 55.8 Å². The first-order chi connectivity index (χ1) is 33.4. The summed E-state index contributed by atoms with van der Waals surface area (Å²) in [5.41, 5.74) is 16.0. The smallest absolute Gasteiger partial charge is 0.387 e. The van der Waals surface area contributed by atoms with E-state index in [1.54, 1.807) is 7.05 Å². The van der Waals surface area contributed by atoms with Crippen LogP contribution in [0, 0.1) is 0 Å². The normalized spacial score (nSPS) is 26.2. The maximum absolute atomic E-state index is 13.6. The van der Waals surface area contributed by atoms with Gasteiger partial charge in [0.05, 0.1) is 46.1 Å². The van der Waals surface area contributed by atoms with E-state index in [9.17, 15) is 57.6 Å². The van der Waals surface area contributed by atoms with Crippen LogP contribution in [0.2, 0.25) is 0 Å². The number of nitrogens with two attached hydrogens (primary N) is 3. The predicted molar refractivity (Wildman–Crippen MR) is 229 cm³/mol. The van der Waals surface area contributed by atoms with Gasteiger partial charge < -0.3 is 65.9 Å². The summed E-state index contributed by atoms with van der Waals surface area (Å²) >= 11 is 0. The number of nitrogens with zero attached hydrogens (tertiary/aromatic N) is 10. The van der Waals surface area contributed by atoms with Crippen LogP contribution in [0.5, 0.6) is 0 Å². The summed E-state index contributed by atoms with van der Waals surface area (Å²) in [6, 6.07) is 0. The predicted octanol–water partition coefficient (Wildman–Crippen LogP) is -3.36. The molecule has 8 heterocycles. The highest BCUT2D eigenvalue weighted by atomic mass is 31.3. The molecule has 2 aliphatic rings. The zero-order valence-corrected chi connectivity index (χ0v) is 39.7. The van der Waals surface area contributed by atoms with E-state index in [0.717, 1.165) is 30.7 Å². The summed E-state index contributed by atoms with van der Waals surface area (Å²) in [5, 5.41) is 21.7. The van der Waals surface area contributed by atoms with Gasteiger partial charge >= 0.3 is 36.9 Å². The van der Waals surface area contributed by atoms with E-state index in [1.165, 1.54) is 20.0 Å². The molecule has 0 bridgehead atoms. The lowest BCUT2D eigenvalue weighted by atomic mass is 10.1. The van der Waals surface area contributed by atoms with Crippen LogP contribution in [0.4, 0.5) is 17.7 Å². The molecule has 37 nitrogen and oxygen atoms in total. The van der Waals surface area contributed by atoms with Gasteiger partial charge in [0.1, 0.15) is 48.5 Å². The average Bonchev–Trinajstić information content (AvgIpc) is 4.09. The van der Waals surface area contributed by atoms with Gasteiger partial charge in [-0.15, -0.1) is 0 Å². The van der Waals surface area contributed by atoms with Gasteiger partial charge in [-0.05, 0) is 0 Å². The molecule has 6 aromatic heterocycles. The Morgan fingerprint density at radius 3 is 2.07 bits per heavy atom. The first-order valence-corrected chi connectivity index (χ1v) is 25.9. The molecule has 0 radical (unpaired) electrons. The van der Waals surface area contributed by atoms with Crippen LogP contribution in [-0.4, -0.2) is 154 Å². The Labute approximate surface area is 393 Å². The Kier molecular flexibility index (Phi) is 14.8. The topological polar surface area (TPSA) is 522 Å². The number of fused-ring (bicyclic) bond motifs is 3. The van der Waals surface area contributed by atoms with Gasteiger partial charge in [-0.2, -0.15) is 13.6 Å². The largest absolute Gasteiger partial charge is 0.490 e. The Balaban J connectivity index is 0.912. The van der Waals surface area contributed by atoms with Crippen LogP contribution >= 0.6 is 31.3 Å². The Hall–Kier alpha value is -5.07.